The fourth-order valence-electron chi connectivity index (χ4n) is 4.34. The van der Waals surface area contributed by atoms with Crippen molar-refractivity contribution >= 4 is 5.69 Å². The number of aliphatic hydroxyl groups is 1. The van der Waals surface area contributed by atoms with Crippen LogP contribution in [0, 0.1) is 0 Å². The maximum absolute atomic E-state index is 10.6. The van der Waals surface area contributed by atoms with Crippen molar-refractivity contribution in [3.05, 3.63) is 90.1 Å². The standard InChI is InChI=1S/C27H28N2O3/c1-19-17-32-27-10-9-22(14-26(27)28-19)21-7-4-8-25(13-21)31-18-24(30)16-29-12-11-20-5-2-3-6-23(20)15-29/h2-10,13-14,24,28,30H,1,11-12,15-18H2. The second kappa shape index (κ2) is 9.07. The molecule has 0 aromatic heterocycles. The lowest BCUT2D eigenvalue weighted by molar-refractivity contribution is 0.0638. The molecule has 0 fully saturated rings. The Morgan fingerprint density at radius 2 is 1.88 bits per heavy atom. The molecule has 0 saturated heterocycles. The number of benzene rings is 3. The lowest BCUT2D eigenvalue weighted by atomic mass is 10.00. The summed E-state index contributed by atoms with van der Waals surface area (Å²) in [5.74, 6) is 1.58. The second-order valence-corrected chi connectivity index (χ2v) is 8.47. The van der Waals surface area contributed by atoms with E-state index in [2.05, 4.69) is 53.2 Å². The summed E-state index contributed by atoms with van der Waals surface area (Å²) in [7, 11) is 0. The van der Waals surface area contributed by atoms with Gasteiger partial charge in [0.15, 0.2) is 0 Å². The fourth-order valence-corrected chi connectivity index (χ4v) is 4.34. The first-order chi connectivity index (χ1) is 15.6. The molecule has 1 atom stereocenters. The molecule has 2 N–H and O–H groups in total. The number of rotatable bonds is 6. The molecular weight excluding hydrogens is 400 g/mol. The molecule has 2 aliphatic heterocycles. The number of hydrogen-bond acceptors (Lipinski definition) is 5. The van der Waals surface area contributed by atoms with Crippen LogP contribution in [0.2, 0.25) is 0 Å². The van der Waals surface area contributed by atoms with E-state index in [0.717, 1.165) is 53.5 Å². The van der Waals surface area contributed by atoms with Crippen molar-refractivity contribution in [1.29, 1.82) is 0 Å². The lowest BCUT2D eigenvalue weighted by Crippen LogP contribution is -2.38. The van der Waals surface area contributed by atoms with Gasteiger partial charge >= 0.3 is 0 Å². The summed E-state index contributed by atoms with van der Waals surface area (Å²) < 4.78 is 11.6. The molecule has 0 radical (unpaired) electrons. The number of nitrogens with zero attached hydrogens (tertiary/aromatic N) is 1. The van der Waals surface area contributed by atoms with E-state index in [-0.39, 0.29) is 6.61 Å². The van der Waals surface area contributed by atoms with Gasteiger partial charge in [0.1, 0.15) is 30.8 Å². The quantitative estimate of drug-likeness (QED) is 0.607. The Balaban J connectivity index is 1.19. The molecule has 2 aliphatic rings. The third-order valence-electron chi connectivity index (χ3n) is 5.98. The zero-order valence-electron chi connectivity index (χ0n) is 18.1. The van der Waals surface area contributed by atoms with Crippen molar-refractivity contribution < 1.29 is 14.6 Å². The summed E-state index contributed by atoms with van der Waals surface area (Å²) in [6, 6.07) is 22.6. The maximum atomic E-state index is 10.6. The average molecular weight is 429 g/mol. The minimum atomic E-state index is -0.542. The smallest absolute Gasteiger partial charge is 0.143 e. The van der Waals surface area contributed by atoms with Crippen molar-refractivity contribution in [2.75, 3.05) is 31.6 Å². The van der Waals surface area contributed by atoms with Crippen LogP contribution in [-0.2, 0) is 13.0 Å². The molecule has 164 valence electrons. The van der Waals surface area contributed by atoms with E-state index in [1.165, 1.54) is 11.1 Å². The first-order valence-electron chi connectivity index (χ1n) is 11.1. The molecule has 2 heterocycles. The van der Waals surface area contributed by atoms with Gasteiger partial charge < -0.3 is 19.9 Å². The lowest BCUT2D eigenvalue weighted by Gasteiger charge is -2.30. The Kier molecular flexibility index (Phi) is 5.84. The van der Waals surface area contributed by atoms with E-state index < -0.39 is 6.10 Å². The monoisotopic (exact) mass is 428 g/mol. The fraction of sp³-hybridized carbons (Fsp3) is 0.259. The molecule has 5 rings (SSSR count). The summed E-state index contributed by atoms with van der Waals surface area (Å²) in [6.45, 7) is 7.14. The molecule has 3 aromatic rings. The van der Waals surface area contributed by atoms with Gasteiger partial charge in [-0.1, -0.05) is 49.0 Å². The topological polar surface area (TPSA) is 54.0 Å². The summed E-state index contributed by atoms with van der Waals surface area (Å²) >= 11 is 0. The summed E-state index contributed by atoms with van der Waals surface area (Å²) in [6.07, 6.45) is 0.486. The highest BCUT2D eigenvalue weighted by Gasteiger charge is 2.19. The Morgan fingerprint density at radius 3 is 2.78 bits per heavy atom. The summed E-state index contributed by atoms with van der Waals surface area (Å²) in [5.41, 5.74) is 6.65. The van der Waals surface area contributed by atoms with E-state index in [1.807, 2.05) is 30.3 Å². The number of aliphatic hydroxyl groups excluding tert-OH is 1. The minimum Gasteiger partial charge on any atom is -0.491 e. The van der Waals surface area contributed by atoms with Crippen LogP contribution in [0.25, 0.3) is 11.1 Å². The molecule has 5 nitrogen and oxygen atoms in total. The zero-order chi connectivity index (χ0) is 21.9. The third-order valence-corrected chi connectivity index (χ3v) is 5.98. The summed E-state index contributed by atoms with van der Waals surface area (Å²) in [4.78, 5) is 2.29. The molecule has 0 bridgehead atoms. The molecule has 0 saturated carbocycles. The van der Waals surface area contributed by atoms with Gasteiger partial charge in [-0.25, -0.2) is 0 Å². The molecule has 1 unspecified atom stereocenters. The number of hydrogen-bond donors (Lipinski definition) is 2. The van der Waals surface area contributed by atoms with Gasteiger partial charge in [-0.15, -0.1) is 0 Å². The average Bonchev–Trinajstić information content (AvgIpc) is 2.82. The van der Waals surface area contributed by atoms with Crippen molar-refractivity contribution in [2.45, 2.75) is 19.1 Å². The van der Waals surface area contributed by atoms with Crippen molar-refractivity contribution in [3.63, 3.8) is 0 Å². The van der Waals surface area contributed by atoms with Crippen LogP contribution in [-0.4, -0.2) is 42.4 Å². The largest absolute Gasteiger partial charge is 0.491 e. The van der Waals surface area contributed by atoms with Gasteiger partial charge in [0.2, 0.25) is 0 Å². The SMILES string of the molecule is C=C1COc2ccc(-c3cccc(OCC(O)CN4CCc5ccccc5C4)c3)cc2N1. The number of β-amino-alcohol motifs (C(OH)–C–C–N with tert-alkyl or cyclic N) is 1. The van der Waals surface area contributed by atoms with Gasteiger partial charge in [-0.3, -0.25) is 4.90 Å². The molecule has 3 aromatic carbocycles. The van der Waals surface area contributed by atoms with Crippen molar-refractivity contribution in [3.8, 4) is 22.6 Å². The van der Waals surface area contributed by atoms with Crippen LogP contribution in [0.4, 0.5) is 5.69 Å². The van der Waals surface area contributed by atoms with Crippen LogP contribution in [0.5, 0.6) is 11.5 Å². The Bertz CT molecular complexity index is 1130. The second-order valence-electron chi connectivity index (χ2n) is 8.47. The van der Waals surface area contributed by atoms with Crippen LogP contribution in [0.3, 0.4) is 0 Å². The number of fused-ring (bicyclic) bond motifs is 2. The van der Waals surface area contributed by atoms with E-state index in [0.29, 0.717) is 13.2 Å². The van der Waals surface area contributed by atoms with Crippen LogP contribution in [0.15, 0.2) is 79.0 Å². The van der Waals surface area contributed by atoms with Crippen LogP contribution >= 0.6 is 0 Å². The minimum absolute atomic E-state index is 0.265. The van der Waals surface area contributed by atoms with E-state index in [4.69, 9.17) is 9.47 Å². The Morgan fingerprint density at radius 1 is 1.03 bits per heavy atom. The Labute approximate surface area is 188 Å². The van der Waals surface area contributed by atoms with E-state index in [9.17, 15) is 5.11 Å². The van der Waals surface area contributed by atoms with E-state index >= 15 is 0 Å². The number of ether oxygens (including phenoxy) is 2. The highest BCUT2D eigenvalue weighted by molar-refractivity contribution is 5.74. The summed E-state index contributed by atoms with van der Waals surface area (Å²) in [5, 5.41) is 13.8. The number of anilines is 1. The molecule has 32 heavy (non-hydrogen) atoms. The first-order valence-corrected chi connectivity index (χ1v) is 11.1. The van der Waals surface area contributed by atoms with Crippen molar-refractivity contribution in [2.24, 2.45) is 0 Å². The normalized spacial score (nSPS) is 16.3. The predicted octanol–water partition coefficient (Wildman–Crippen LogP) is 4.47. The maximum Gasteiger partial charge on any atom is 0.143 e. The molecule has 0 amide bonds. The van der Waals surface area contributed by atoms with Crippen LogP contribution < -0.4 is 14.8 Å². The van der Waals surface area contributed by atoms with Gasteiger partial charge in [-0.05, 0) is 52.9 Å². The van der Waals surface area contributed by atoms with Gasteiger partial charge in [0.05, 0.1) is 5.69 Å². The van der Waals surface area contributed by atoms with Gasteiger partial charge in [0.25, 0.3) is 0 Å². The van der Waals surface area contributed by atoms with E-state index in [1.54, 1.807) is 0 Å². The van der Waals surface area contributed by atoms with Crippen LogP contribution in [0.1, 0.15) is 11.1 Å². The molecular formula is C27H28N2O3. The highest BCUT2D eigenvalue weighted by Crippen LogP contribution is 2.35. The number of nitrogens with one attached hydrogen (secondary N) is 1. The first kappa shape index (κ1) is 20.6. The van der Waals surface area contributed by atoms with Gasteiger partial charge in [-0.2, -0.15) is 0 Å². The molecule has 0 aliphatic carbocycles. The molecule has 5 heteroatoms. The molecule has 0 spiro atoms. The third kappa shape index (κ3) is 4.64. The van der Waals surface area contributed by atoms with Crippen molar-refractivity contribution in [1.82, 2.24) is 4.90 Å². The highest BCUT2D eigenvalue weighted by atomic mass is 16.5. The van der Waals surface area contributed by atoms with Gasteiger partial charge in [0, 0.05) is 25.3 Å². The zero-order valence-corrected chi connectivity index (χ0v) is 18.1. The predicted molar refractivity (Wildman–Crippen MR) is 127 cm³/mol. The Hall–Kier alpha value is -3.28.